The highest BCUT2D eigenvalue weighted by Gasteiger charge is 2.20. The van der Waals surface area contributed by atoms with E-state index in [2.05, 4.69) is 252 Å². The fourth-order valence-electron chi connectivity index (χ4n) is 10.4. The number of benzene rings is 11. The highest BCUT2D eigenvalue weighted by atomic mass is 16.3. The zero-order valence-electron chi connectivity index (χ0n) is 36.6. The van der Waals surface area contributed by atoms with Crippen molar-refractivity contribution in [2.45, 2.75) is 0 Å². The Morgan fingerprint density at radius 1 is 0.299 bits per heavy atom. The van der Waals surface area contributed by atoms with Crippen LogP contribution in [0.2, 0.25) is 0 Å². The Balaban J connectivity index is 0.905. The summed E-state index contributed by atoms with van der Waals surface area (Å²) in [4.78, 5) is 2.39. The SMILES string of the molecule is c1ccc(-c2ccccc2-n2c3ccccc3c3ccccc32)c(-c2ccc(N(c3ccc(-c4ccccc4-c4cccc5c4oc4ccccc45)cc3)c3cccc4ccccc34)cc2)c1. The van der Waals surface area contributed by atoms with Crippen LogP contribution in [0.25, 0.3) is 105 Å². The largest absolute Gasteiger partial charge is 0.455 e. The molecule has 0 aliphatic rings. The molecule has 67 heavy (non-hydrogen) atoms. The van der Waals surface area contributed by atoms with E-state index in [1.165, 1.54) is 49.3 Å². The summed E-state index contributed by atoms with van der Waals surface area (Å²) in [5.74, 6) is 0. The molecule has 0 saturated heterocycles. The van der Waals surface area contributed by atoms with E-state index >= 15 is 0 Å². The highest BCUT2D eigenvalue weighted by Crippen LogP contribution is 2.44. The maximum atomic E-state index is 6.52. The molecular formula is C64H42N2O. The first-order valence-electron chi connectivity index (χ1n) is 22.9. The van der Waals surface area contributed by atoms with E-state index in [-0.39, 0.29) is 0 Å². The molecule has 0 N–H and O–H groups in total. The average molecular weight is 855 g/mol. The Morgan fingerprint density at radius 2 is 0.746 bits per heavy atom. The van der Waals surface area contributed by atoms with Crippen LogP contribution in [-0.4, -0.2) is 4.57 Å². The number of furan rings is 1. The van der Waals surface area contributed by atoms with Gasteiger partial charge in [-0.3, -0.25) is 0 Å². The Labute approximate surface area is 388 Å². The molecule has 0 unspecified atom stereocenters. The molecule has 0 aliphatic carbocycles. The van der Waals surface area contributed by atoms with Crippen LogP contribution in [0.4, 0.5) is 17.1 Å². The van der Waals surface area contributed by atoms with E-state index in [0.717, 1.165) is 72.5 Å². The Morgan fingerprint density at radius 3 is 1.40 bits per heavy atom. The van der Waals surface area contributed by atoms with Gasteiger partial charge in [-0.05, 0) is 93.4 Å². The van der Waals surface area contributed by atoms with E-state index in [1.807, 2.05) is 12.1 Å². The summed E-state index contributed by atoms with van der Waals surface area (Å²) in [5.41, 5.74) is 17.9. The fraction of sp³-hybridized carbons (Fsp3) is 0. The lowest BCUT2D eigenvalue weighted by molar-refractivity contribution is 0.670. The Hall–Kier alpha value is -8.92. The first-order valence-corrected chi connectivity index (χ1v) is 22.9. The van der Waals surface area contributed by atoms with Gasteiger partial charge in [0.2, 0.25) is 0 Å². The number of anilines is 3. The average Bonchev–Trinajstić information content (AvgIpc) is 3.95. The van der Waals surface area contributed by atoms with Crippen molar-refractivity contribution in [3.63, 3.8) is 0 Å². The molecule has 2 heterocycles. The topological polar surface area (TPSA) is 21.3 Å². The van der Waals surface area contributed by atoms with Crippen molar-refractivity contribution >= 4 is 71.6 Å². The Kier molecular flexibility index (Phi) is 9.17. The molecule has 3 heteroatoms. The molecule has 0 aliphatic heterocycles. The van der Waals surface area contributed by atoms with Gasteiger partial charge in [0.05, 0.1) is 22.4 Å². The van der Waals surface area contributed by atoms with Gasteiger partial charge in [-0.1, -0.05) is 200 Å². The van der Waals surface area contributed by atoms with Crippen molar-refractivity contribution in [1.82, 2.24) is 4.57 Å². The van der Waals surface area contributed by atoms with E-state index in [9.17, 15) is 0 Å². The van der Waals surface area contributed by atoms with Crippen LogP contribution in [-0.2, 0) is 0 Å². The smallest absolute Gasteiger partial charge is 0.143 e. The second-order valence-corrected chi connectivity index (χ2v) is 17.2. The summed E-state index contributed by atoms with van der Waals surface area (Å²) in [6, 6.07) is 91.8. The molecule has 314 valence electrons. The number of hydrogen-bond acceptors (Lipinski definition) is 2. The first kappa shape index (κ1) is 38.5. The summed E-state index contributed by atoms with van der Waals surface area (Å²) in [6.07, 6.45) is 0. The minimum atomic E-state index is 0.901. The quantitative estimate of drug-likeness (QED) is 0.152. The Bertz CT molecular complexity index is 3930. The van der Waals surface area contributed by atoms with Crippen LogP contribution in [0.3, 0.4) is 0 Å². The zero-order chi connectivity index (χ0) is 44.3. The maximum absolute atomic E-state index is 6.52. The molecule has 0 fully saturated rings. The number of nitrogens with zero attached hydrogens (tertiary/aromatic N) is 2. The first-order chi connectivity index (χ1) is 33.3. The van der Waals surface area contributed by atoms with Crippen molar-refractivity contribution < 1.29 is 4.42 Å². The van der Waals surface area contributed by atoms with E-state index in [4.69, 9.17) is 4.42 Å². The van der Waals surface area contributed by atoms with Gasteiger partial charge in [0.25, 0.3) is 0 Å². The van der Waals surface area contributed by atoms with Crippen LogP contribution in [0.15, 0.2) is 259 Å². The number of fused-ring (bicyclic) bond motifs is 7. The molecule has 0 saturated carbocycles. The second kappa shape index (κ2) is 16.0. The third-order valence-electron chi connectivity index (χ3n) is 13.4. The highest BCUT2D eigenvalue weighted by molar-refractivity contribution is 6.11. The van der Waals surface area contributed by atoms with Gasteiger partial charge in [-0.25, -0.2) is 0 Å². The van der Waals surface area contributed by atoms with Crippen LogP contribution < -0.4 is 4.90 Å². The minimum Gasteiger partial charge on any atom is -0.455 e. The van der Waals surface area contributed by atoms with Crippen molar-refractivity contribution in [2.75, 3.05) is 4.90 Å². The molecule has 3 nitrogen and oxygen atoms in total. The molecule has 0 radical (unpaired) electrons. The maximum Gasteiger partial charge on any atom is 0.143 e. The number of para-hydroxylation sites is 5. The van der Waals surface area contributed by atoms with Gasteiger partial charge >= 0.3 is 0 Å². The third-order valence-corrected chi connectivity index (χ3v) is 13.4. The van der Waals surface area contributed by atoms with Crippen molar-refractivity contribution in [3.05, 3.63) is 255 Å². The molecule has 0 bridgehead atoms. The predicted octanol–water partition coefficient (Wildman–Crippen LogP) is 18.0. The zero-order valence-corrected chi connectivity index (χ0v) is 36.6. The predicted molar refractivity (Wildman–Crippen MR) is 282 cm³/mol. The van der Waals surface area contributed by atoms with Crippen molar-refractivity contribution in [3.8, 4) is 50.2 Å². The van der Waals surface area contributed by atoms with E-state index in [1.54, 1.807) is 0 Å². The van der Waals surface area contributed by atoms with Gasteiger partial charge < -0.3 is 13.9 Å². The van der Waals surface area contributed by atoms with Crippen LogP contribution in [0.1, 0.15) is 0 Å². The second-order valence-electron chi connectivity index (χ2n) is 17.2. The molecule has 11 aromatic carbocycles. The van der Waals surface area contributed by atoms with Crippen LogP contribution in [0, 0.1) is 0 Å². The normalized spacial score (nSPS) is 11.6. The van der Waals surface area contributed by atoms with Gasteiger partial charge in [0.15, 0.2) is 0 Å². The molecule has 0 spiro atoms. The molecular weight excluding hydrogens is 813 g/mol. The molecule has 13 rings (SSSR count). The lowest BCUT2D eigenvalue weighted by Crippen LogP contribution is -2.10. The summed E-state index contributed by atoms with van der Waals surface area (Å²) >= 11 is 0. The lowest BCUT2D eigenvalue weighted by Gasteiger charge is -2.27. The summed E-state index contributed by atoms with van der Waals surface area (Å²) in [7, 11) is 0. The van der Waals surface area contributed by atoms with Crippen LogP contribution >= 0.6 is 0 Å². The van der Waals surface area contributed by atoms with E-state index < -0.39 is 0 Å². The molecule has 13 aromatic rings. The summed E-state index contributed by atoms with van der Waals surface area (Å²) in [6.45, 7) is 0. The number of rotatable bonds is 8. The number of aromatic nitrogens is 1. The van der Waals surface area contributed by atoms with Gasteiger partial charge in [-0.15, -0.1) is 0 Å². The van der Waals surface area contributed by atoms with Crippen LogP contribution in [0.5, 0.6) is 0 Å². The molecule has 0 amide bonds. The standard InChI is InChI=1S/C64H42N2O/c1-2-21-50-43(17-1)18-15-33-59(50)65(47-41-37-45(38-42-47)49-20-4-6-23-52(49)57-28-16-29-58-56-27-10-14-34-63(56)67-64(57)58)46-39-35-44(36-40-46)48-19-3-5-22-51(48)53-24-7-11-30-60(53)66-61-31-12-8-25-54(61)55-26-9-13-32-62(55)66/h1-42H. The molecule has 0 atom stereocenters. The third kappa shape index (κ3) is 6.43. The fourth-order valence-corrected chi connectivity index (χ4v) is 10.4. The molecule has 2 aromatic heterocycles. The summed E-state index contributed by atoms with van der Waals surface area (Å²) in [5, 5.41) is 7.15. The number of hydrogen-bond donors (Lipinski definition) is 0. The lowest BCUT2D eigenvalue weighted by atomic mass is 9.93. The van der Waals surface area contributed by atoms with Gasteiger partial charge in [0, 0.05) is 49.4 Å². The van der Waals surface area contributed by atoms with Crippen molar-refractivity contribution in [1.29, 1.82) is 0 Å². The monoisotopic (exact) mass is 854 g/mol. The van der Waals surface area contributed by atoms with Gasteiger partial charge in [0.1, 0.15) is 11.2 Å². The summed E-state index contributed by atoms with van der Waals surface area (Å²) < 4.78 is 8.94. The van der Waals surface area contributed by atoms with E-state index in [0.29, 0.717) is 0 Å². The van der Waals surface area contributed by atoms with Crippen molar-refractivity contribution in [2.24, 2.45) is 0 Å². The minimum absolute atomic E-state index is 0.901. The van der Waals surface area contributed by atoms with Gasteiger partial charge in [-0.2, -0.15) is 0 Å².